The van der Waals surface area contributed by atoms with Crippen LogP contribution in [0.1, 0.15) is 24.1 Å². The Morgan fingerprint density at radius 1 is 1.11 bits per heavy atom. The third-order valence-corrected chi connectivity index (χ3v) is 7.07. The molecule has 38 heavy (non-hydrogen) atoms. The molecule has 1 aliphatic rings. The number of benzene rings is 3. The molecule has 0 bridgehead atoms. The first-order chi connectivity index (χ1) is 18.3. The lowest BCUT2D eigenvalue weighted by Gasteiger charge is -2.22. The van der Waals surface area contributed by atoms with Crippen molar-refractivity contribution in [1.29, 1.82) is 0 Å². The highest BCUT2D eigenvalue weighted by molar-refractivity contribution is 7.22. The first kappa shape index (κ1) is 24.9. The molecule has 1 saturated heterocycles. The number of aliphatic hydroxyl groups is 1. The molecule has 1 N–H and O–H groups in total. The van der Waals surface area contributed by atoms with Crippen molar-refractivity contribution in [2.75, 3.05) is 18.6 Å². The fourth-order valence-electron chi connectivity index (χ4n) is 4.33. The lowest BCUT2D eigenvalue weighted by Crippen LogP contribution is -2.29. The number of thiazole rings is 1. The number of amides is 1. The summed E-state index contributed by atoms with van der Waals surface area (Å²) in [4.78, 5) is 43.5. The number of ether oxygens (including phenoxy) is 2. The third-order valence-electron chi connectivity index (χ3n) is 6.05. The zero-order valence-electron chi connectivity index (χ0n) is 20.3. The maximum Gasteiger partial charge on any atom is 0.301 e. The first-order valence-electron chi connectivity index (χ1n) is 11.6. The fraction of sp³-hybridized carbons (Fsp3) is 0.148. The average molecular weight is 532 g/mol. The summed E-state index contributed by atoms with van der Waals surface area (Å²) in [6.45, 7) is 2.21. The highest BCUT2D eigenvalue weighted by atomic mass is 32.1. The molecular weight excluding hydrogens is 510 g/mol. The van der Waals surface area contributed by atoms with Gasteiger partial charge in [0.15, 0.2) is 5.13 Å². The largest absolute Gasteiger partial charge is 0.507 e. The summed E-state index contributed by atoms with van der Waals surface area (Å²) in [7, 11) is 1.53. The van der Waals surface area contributed by atoms with Crippen molar-refractivity contribution >= 4 is 49.8 Å². The molecule has 0 radical (unpaired) electrons. The van der Waals surface area contributed by atoms with Crippen molar-refractivity contribution in [2.45, 2.75) is 13.0 Å². The molecule has 3 aromatic carbocycles. The van der Waals surface area contributed by atoms with Crippen LogP contribution in [-0.2, 0) is 9.59 Å². The van der Waals surface area contributed by atoms with Gasteiger partial charge in [-0.1, -0.05) is 35.6 Å². The maximum absolute atomic E-state index is 13.4. The van der Waals surface area contributed by atoms with Crippen LogP contribution in [0.4, 0.5) is 10.8 Å². The number of aliphatic hydroxyl groups excluding tert-OH is 1. The number of fused-ring (bicyclic) bond motifs is 1. The molecule has 11 heteroatoms. The number of aromatic nitrogens is 1. The molecule has 1 aromatic heterocycles. The number of Topliss-reactive ketones (excluding diaryl/α,β-unsaturated/α-hetero) is 1. The van der Waals surface area contributed by atoms with Gasteiger partial charge in [0.25, 0.3) is 11.5 Å². The monoisotopic (exact) mass is 531 g/mol. The van der Waals surface area contributed by atoms with Gasteiger partial charge in [-0.3, -0.25) is 24.6 Å². The van der Waals surface area contributed by atoms with Gasteiger partial charge in [-0.25, -0.2) is 4.98 Å². The van der Waals surface area contributed by atoms with E-state index in [0.29, 0.717) is 28.3 Å². The fourth-order valence-corrected chi connectivity index (χ4v) is 5.35. The Balaban J connectivity index is 1.72. The van der Waals surface area contributed by atoms with Crippen LogP contribution in [0.5, 0.6) is 11.5 Å². The number of carbonyl (C=O) groups excluding carboxylic acids is 2. The van der Waals surface area contributed by atoms with Crippen LogP contribution < -0.4 is 14.4 Å². The summed E-state index contributed by atoms with van der Waals surface area (Å²) in [6.07, 6.45) is 0. The Morgan fingerprint density at radius 3 is 2.63 bits per heavy atom. The van der Waals surface area contributed by atoms with E-state index in [1.165, 1.54) is 30.2 Å². The quantitative estimate of drug-likeness (QED) is 0.113. The van der Waals surface area contributed by atoms with Gasteiger partial charge in [0.1, 0.15) is 17.3 Å². The highest BCUT2D eigenvalue weighted by Crippen LogP contribution is 2.45. The number of nitrogens with zero attached hydrogens (tertiary/aromatic N) is 3. The van der Waals surface area contributed by atoms with Crippen LogP contribution in [0.25, 0.3) is 16.0 Å². The number of nitro groups is 1. The van der Waals surface area contributed by atoms with E-state index in [-0.39, 0.29) is 27.5 Å². The molecule has 2 heterocycles. The SMILES string of the molecule is CCOc1cccc(/C(O)=C2\C(=O)C(=O)N(c3nc4ccc(OC)cc4s3)C2c2cccc([N+](=O)[O-])c2)c1. The second-order valence-electron chi connectivity index (χ2n) is 8.31. The maximum atomic E-state index is 13.4. The smallest absolute Gasteiger partial charge is 0.301 e. The van der Waals surface area contributed by atoms with Crippen LogP contribution >= 0.6 is 11.3 Å². The number of methoxy groups -OCH3 is 1. The van der Waals surface area contributed by atoms with Gasteiger partial charge in [-0.2, -0.15) is 0 Å². The molecule has 1 amide bonds. The zero-order chi connectivity index (χ0) is 27.0. The molecule has 1 atom stereocenters. The first-order valence-corrected chi connectivity index (χ1v) is 12.4. The molecule has 1 fully saturated rings. The minimum Gasteiger partial charge on any atom is -0.507 e. The predicted molar refractivity (Wildman–Crippen MR) is 142 cm³/mol. The van der Waals surface area contributed by atoms with Gasteiger partial charge in [-0.05, 0) is 42.8 Å². The molecule has 192 valence electrons. The van der Waals surface area contributed by atoms with E-state index in [2.05, 4.69) is 4.98 Å². The van der Waals surface area contributed by atoms with Crippen molar-refractivity contribution in [3.05, 3.63) is 93.5 Å². The molecule has 4 aromatic rings. The number of ketones is 1. The van der Waals surface area contributed by atoms with Crippen LogP contribution in [0.3, 0.4) is 0 Å². The summed E-state index contributed by atoms with van der Waals surface area (Å²) in [6, 6.07) is 16.2. The lowest BCUT2D eigenvalue weighted by atomic mass is 9.95. The van der Waals surface area contributed by atoms with E-state index in [0.717, 1.165) is 11.3 Å². The Labute approximate surface area is 220 Å². The van der Waals surface area contributed by atoms with Crippen molar-refractivity contribution in [1.82, 2.24) is 4.98 Å². The zero-order valence-corrected chi connectivity index (χ0v) is 21.1. The third kappa shape index (κ3) is 4.33. The molecule has 10 nitrogen and oxygen atoms in total. The molecule has 5 rings (SSSR count). The molecular formula is C27H21N3O7S. The lowest BCUT2D eigenvalue weighted by molar-refractivity contribution is -0.384. The number of hydrogen-bond donors (Lipinski definition) is 1. The summed E-state index contributed by atoms with van der Waals surface area (Å²) in [5.41, 5.74) is 0.688. The van der Waals surface area contributed by atoms with Crippen molar-refractivity contribution < 1.29 is 29.1 Å². The van der Waals surface area contributed by atoms with E-state index in [4.69, 9.17) is 9.47 Å². The number of non-ortho nitro benzene ring substituents is 1. The normalized spacial score (nSPS) is 16.7. The minimum atomic E-state index is -1.16. The number of carbonyl (C=O) groups is 2. The Morgan fingerprint density at radius 2 is 1.89 bits per heavy atom. The van der Waals surface area contributed by atoms with Gasteiger partial charge >= 0.3 is 5.91 Å². The van der Waals surface area contributed by atoms with Gasteiger partial charge in [0, 0.05) is 17.7 Å². The Bertz CT molecular complexity index is 1630. The van der Waals surface area contributed by atoms with E-state index in [9.17, 15) is 24.8 Å². The minimum absolute atomic E-state index is 0.203. The van der Waals surface area contributed by atoms with Crippen molar-refractivity contribution in [2.24, 2.45) is 0 Å². The summed E-state index contributed by atoms with van der Waals surface area (Å²) in [5, 5.41) is 23.1. The van der Waals surface area contributed by atoms with Gasteiger partial charge < -0.3 is 14.6 Å². The second-order valence-corrected chi connectivity index (χ2v) is 9.32. The number of rotatable bonds is 7. The van der Waals surface area contributed by atoms with E-state index in [1.54, 1.807) is 48.5 Å². The summed E-state index contributed by atoms with van der Waals surface area (Å²) >= 11 is 1.16. The van der Waals surface area contributed by atoms with E-state index in [1.807, 2.05) is 6.92 Å². The summed E-state index contributed by atoms with van der Waals surface area (Å²) < 4.78 is 11.5. The van der Waals surface area contributed by atoms with Gasteiger partial charge in [-0.15, -0.1) is 0 Å². The van der Waals surface area contributed by atoms with Crippen LogP contribution in [0.2, 0.25) is 0 Å². The predicted octanol–water partition coefficient (Wildman–Crippen LogP) is 5.24. The Hall–Kier alpha value is -4.77. The van der Waals surface area contributed by atoms with Crippen LogP contribution in [0, 0.1) is 10.1 Å². The van der Waals surface area contributed by atoms with E-state index >= 15 is 0 Å². The Kier molecular flexibility index (Phi) is 6.52. The average Bonchev–Trinajstić information content (AvgIpc) is 3.46. The summed E-state index contributed by atoms with van der Waals surface area (Å²) in [5.74, 6) is -1.20. The molecule has 0 aliphatic carbocycles. The van der Waals surface area contributed by atoms with E-state index < -0.39 is 28.4 Å². The molecule has 0 saturated carbocycles. The number of hydrogen-bond acceptors (Lipinski definition) is 9. The highest BCUT2D eigenvalue weighted by Gasteiger charge is 2.48. The van der Waals surface area contributed by atoms with Crippen molar-refractivity contribution in [3.63, 3.8) is 0 Å². The van der Waals surface area contributed by atoms with Crippen LogP contribution in [-0.4, -0.2) is 40.4 Å². The van der Waals surface area contributed by atoms with Crippen molar-refractivity contribution in [3.8, 4) is 11.5 Å². The second kappa shape index (κ2) is 9.94. The number of anilines is 1. The van der Waals surface area contributed by atoms with Gasteiger partial charge in [0.2, 0.25) is 0 Å². The standard InChI is InChI=1S/C27H21N3O7S/c1-3-37-19-9-5-7-16(13-19)24(31)22-23(15-6-4-8-17(12-15)30(34)35)29(26(33)25(22)32)27-28-20-11-10-18(36-2)14-21(20)38-27/h4-14,23,31H,3H2,1-2H3/b24-22+. The molecule has 1 unspecified atom stereocenters. The molecule has 0 spiro atoms. The number of nitro benzene ring substituents is 1. The molecule has 1 aliphatic heterocycles. The van der Waals surface area contributed by atoms with Gasteiger partial charge in [0.05, 0.1) is 40.5 Å². The topological polar surface area (TPSA) is 132 Å². The van der Waals surface area contributed by atoms with Crippen LogP contribution in [0.15, 0.2) is 72.3 Å².